The SMILES string of the molecule is COC(=O)c1ccc(NC(=O)c2csc(Nc3cccnc3)n2)cc1. The highest BCUT2D eigenvalue weighted by Gasteiger charge is 2.12. The normalized spacial score (nSPS) is 10.1. The van der Waals surface area contributed by atoms with E-state index in [4.69, 9.17) is 0 Å². The molecule has 3 rings (SSSR count). The van der Waals surface area contributed by atoms with E-state index in [1.165, 1.54) is 18.4 Å². The zero-order valence-corrected chi connectivity index (χ0v) is 14.0. The first-order valence-corrected chi connectivity index (χ1v) is 8.16. The fourth-order valence-corrected chi connectivity index (χ4v) is 2.71. The van der Waals surface area contributed by atoms with Gasteiger partial charge in [-0.25, -0.2) is 9.78 Å². The van der Waals surface area contributed by atoms with E-state index in [1.54, 1.807) is 42.0 Å². The molecule has 8 heteroatoms. The van der Waals surface area contributed by atoms with E-state index >= 15 is 0 Å². The first-order chi connectivity index (χ1) is 12.2. The number of aromatic nitrogens is 2. The van der Waals surface area contributed by atoms with Crippen LogP contribution < -0.4 is 10.6 Å². The molecule has 0 saturated carbocycles. The highest BCUT2D eigenvalue weighted by molar-refractivity contribution is 7.14. The number of thiazole rings is 1. The molecule has 0 bridgehead atoms. The van der Waals surface area contributed by atoms with Crippen molar-refractivity contribution in [3.63, 3.8) is 0 Å². The van der Waals surface area contributed by atoms with Gasteiger partial charge >= 0.3 is 5.97 Å². The van der Waals surface area contributed by atoms with Crippen LogP contribution >= 0.6 is 11.3 Å². The summed E-state index contributed by atoms with van der Waals surface area (Å²) in [6.45, 7) is 0. The Kier molecular flexibility index (Phi) is 5.00. The second-order valence-electron chi connectivity index (χ2n) is 4.93. The van der Waals surface area contributed by atoms with E-state index in [0.717, 1.165) is 5.69 Å². The highest BCUT2D eigenvalue weighted by Crippen LogP contribution is 2.21. The Hall–Kier alpha value is -3.26. The molecule has 0 aliphatic heterocycles. The minimum Gasteiger partial charge on any atom is -0.465 e. The number of esters is 1. The number of anilines is 3. The zero-order valence-electron chi connectivity index (χ0n) is 13.2. The number of pyridine rings is 1. The van der Waals surface area contributed by atoms with Crippen LogP contribution in [0.5, 0.6) is 0 Å². The topological polar surface area (TPSA) is 93.2 Å². The molecule has 0 spiro atoms. The minimum absolute atomic E-state index is 0.299. The van der Waals surface area contributed by atoms with Crippen molar-refractivity contribution in [3.05, 3.63) is 65.4 Å². The maximum atomic E-state index is 12.3. The van der Waals surface area contributed by atoms with Gasteiger partial charge < -0.3 is 15.4 Å². The van der Waals surface area contributed by atoms with Crippen LogP contribution in [0.2, 0.25) is 0 Å². The van der Waals surface area contributed by atoms with Gasteiger partial charge in [0.2, 0.25) is 0 Å². The average molecular weight is 354 g/mol. The Morgan fingerprint density at radius 2 is 1.92 bits per heavy atom. The lowest BCUT2D eigenvalue weighted by atomic mass is 10.2. The van der Waals surface area contributed by atoms with E-state index in [0.29, 0.717) is 22.1 Å². The van der Waals surface area contributed by atoms with Crippen molar-refractivity contribution in [2.45, 2.75) is 0 Å². The second-order valence-corrected chi connectivity index (χ2v) is 5.79. The van der Waals surface area contributed by atoms with Crippen molar-refractivity contribution in [1.29, 1.82) is 0 Å². The molecule has 2 N–H and O–H groups in total. The monoisotopic (exact) mass is 354 g/mol. The smallest absolute Gasteiger partial charge is 0.337 e. The van der Waals surface area contributed by atoms with Crippen LogP contribution in [0.25, 0.3) is 0 Å². The Morgan fingerprint density at radius 1 is 1.12 bits per heavy atom. The van der Waals surface area contributed by atoms with Crippen LogP contribution in [0.3, 0.4) is 0 Å². The Balaban J connectivity index is 1.64. The summed E-state index contributed by atoms with van der Waals surface area (Å²) in [5.41, 5.74) is 2.07. The summed E-state index contributed by atoms with van der Waals surface area (Å²) < 4.78 is 4.63. The van der Waals surface area contributed by atoms with E-state index in [-0.39, 0.29) is 5.91 Å². The maximum Gasteiger partial charge on any atom is 0.337 e. The molecular formula is C17H14N4O3S. The molecule has 7 nitrogen and oxygen atoms in total. The van der Waals surface area contributed by atoms with Gasteiger partial charge in [0, 0.05) is 17.3 Å². The fourth-order valence-electron chi connectivity index (χ4n) is 2.00. The summed E-state index contributed by atoms with van der Waals surface area (Å²) in [7, 11) is 1.32. The number of hydrogen-bond acceptors (Lipinski definition) is 7. The van der Waals surface area contributed by atoms with Gasteiger partial charge in [-0.2, -0.15) is 0 Å². The Morgan fingerprint density at radius 3 is 2.60 bits per heavy atom. The van der Waals surface area contributed by atoms with E-state index in [1.807, 2.05) is 12.1 Å². The van der Waals surface area contributed by atoms with Gasteiger partial charge in [-0.1, -0.05) is 0 Å². The van der Waals surface area contributed by atoms with Crippen LogP contribution in [-0.4, -0.2) is 29.0 Å². The predicted octanol–water partition coefficient (Wildman–Crippen LogP) is 3.32. The van der Waals surface area contributed by atoms with Crippen molar-refractivity contribution in [1.82, 2.24) is 9.97 Å². The van der Waals surface area contributed by atoms with E-state index in [9.17, 15) is 9.59 Å². The minimum atomic E-state index is -0.427. The van der Waals surface area contributed by atoms with Crippen LogP contribution in [0.1, 0.15) is 20.8 Å². The third kappa shape index (κ3) is 4.18. The van der Waals surface area contributed by atoms with Crippen molar-refractivity contribution in [3.8, 4) is 0 Å². The molecule has 0 fully saturated rings. The summed E-state index contributed by atoms with van der Waals surface area (Å²) in [5.74, 6) is -0.759. The zero-order chi connectivity index (χ0) is 17.6. The molecule has 0 aliphatic carbocycles. The van der Waals surface area contributed by atoms with Crippen molar-refractivity contribution in [2.24, 2.45) is 0 Å². The number of amides is 1. The third-order valence-electron chi connectivity index (χ3n) is 3.21. The lowest BCUT2D eigenvalue weighted by Crippen LogP contribution is -2.12. The summed E-state index contributed by atoms with van der Waals surface area (Å²) in [6, 6.07) is 10.1. The number of carbonyl (C=O) groups excluding carboxylic acids is 2. The Labute approximate surface area is 147 Å². The van der Waals surface area contributed by atoms with E-state index in [2.05, 4.69) is 25.3 Å². The molecule has 3 aromatic rings. The van der Waals surface area contributed by atoms with Gasteiger partial charge in [-0.05, 0) is 36.4 Å². The van der Waals surface area contributed by atoms with Gasteiger partial charge in [0.05, 0.1) is 24.6 Å². The van der Waals surface area contributed by atoms with Crippen molar-refractivity contribution >= 4 is 39.7 Å². The number of hydrogen-bond donors (Lipinski definition) is 2. The number of benzene rings is 1. The molecule has 0 atom stereocenters. The summed E-state index contributed by atoms with van der Waals surface area (Å²) in [6.07, 6.45) is 3.35. The molecule has 2 aromatic heterocycles. The first kappa shape index (κ1) is 16.6. The fraction of sp³-hybridized carbons (Fsp3) is 0.0588. The lowest BCUT2D eigenvalue weighted by molar-refractivity contribution is 0.0600. The largest absolute Gasteiger partial charge is 0.465 e. The average Bonchev–Trinajstić information content (AvgIpc) is 3.11. The maximum absolute atomic E-state index is 12.3. The molecule has 2 heterocycles. The number of ether oxygens (including phenoxy) is 1. The number of nitrogens with one attached hydrogen (secondary N) is 2. The predicted molar refractivity (Wildman–Crippen MR) is 95.4 cm³/mol. The first-order valence-electron chi connectivity index (χ1n) is 7.28. The van der Waals surface area contributed by atoms with Crippen LogP contribution in [-0.2, 0) is 4.74 Å². The molecule has 1 aromatic carbocycles. The molecule has 0 radical (unpaired) electrons. The number of carbonyl (C=O) groups is 2. The molecule has 0 aliphatic rings. The van der Waals surface area contributed by atoms with Gasteiger partial charge in [-0.3, -0.25) is 9.78 Å². The van der Waals surface area contributed by atoms with Crippen LogP contribution in [0.15, 0.2) is 54.2 Å². The van der Waals surface area contributed by atoms with Gasteiger partial charge in [0.25, 0.3) is 5.91 Å². The van der Waals surface area contributed by atoms with Gasteiger partial charge in [0.1, 0.15) is 5.69 Å². The van der Waals surface area contributed by atoms with Gasteiger partial charge in [-0.15, -0.1) is 11.3 Å². The standard InChI is InChI=1S/C17H14N4O3S/c1-24-16(23)11-4-6-12(7-5-11)19-15(22)14-10-25-17(21-14)20-13-3-2-8-18-9-13/h2-10H,1H3,(H,19,22)(H,20,21). The van der Waals surface area contributed by atoms with Crippen LogP contribution in [0.4, 0.5) is 16.5 Å². The summed E-state index contributed by atoms with van der Waals surface area (Å²) in [5, 5.41) is 8.08. The molecule has 1 amide bonds. The number of nitrogens with zero attached hydrogens (tertiary/aromatic N) is 2. The molecule has 25 heavy (non-hydrogen) atoms. The second kappa shape index (κ2) is 7.54. The van der Waals surface area contributed by atoms with Crippen molar-refractivity contribution in [2.75, 3.05) is 17.7 Å². The quantitative estimate of drug-likeness (QED) is 0.683. The third-order valence-corrected chi connectivity index (χ3v) is 3.97. The Bertz CT molecular complexity index is 878. The molecule has 126 valence electrons. The highest BCUT2D eigenvalue weighted by atomic mass is 32.1. The summed E-state index contributed by atoms with van der Waals surface area (Å²) in [4.78, 5) is 31.9. The molecule has 0 unspecified atom stereocenters. The lowest BCUT2D eigenvalue weighted by Gasteiger charge is -2.04. The van der Waals surface area contributed by atoms with Crippen molar-refractivity contribution < 1.29 is 14.3 Å². The molecule has 0 saturated heterocycles. The van der Waals surface area contributed by atoms with Gasteiger partial charge in [0.15, 0.2) is 5.13 Å². The number of methoxy groups -OCH3 is 1. The molecular weight excluding hydrogens is 340 g/mol. The number of rotatable bonds is 5. The van der Waals surface area contributed by atoms with E-state index < -0.39 is 5.97 Å². The summed E-state index contributed by atoms with van der Waals surface area (Å²) >= 11 is 1.32. The van der Waals surface area contributed by atoms with Crippen LogP contribution in [0, 0.1) is 0 Å².